The lowest BCUT2D eigenvalue weighted by atomic mass is 9.93. The molecule has 0 saturated carbocycles. The first-order chi connectivity index (χ1) is 16.9. The van der Waals surface area contributed by atoms with E-state index in [-0.39, 0.29) is 25.5 Å². The molecular formula is C25H33N3O6S. The largest absolute Gasteiger partial charge is 0.497 e. The maximum Gasteiger partial charge on any atom is 0.338 e. The van der Waals surface area contributed by atoms with Crippen molar-refractivity contribution in [2.24, 2.45) is 4.99 Å². The lowest BCUT2D eigenvalue weighted by molar-refractivity contribution is -0.141. The highest BCUT2D eigenvalue weighted by Crippen LogP contribution is 2.47. The summed E-state index contributed by atoms with van der Waals surface area (Å²) in [4.78, 5) is 34.7. The average molecular weight is 504 g/mol. The average Bonchev–Trinajstić information content (AvgIpc) is 3.25. The number of allylic oxidation sites excluding steroid dienone is 1. The van der Waals surface area contributed by atoms with Crippen molar-refractivity contribution in [1.29, 1.82) is 0 Å². The van der Waals surface area contributed by atoms with Gasteiger partial charge in [0, 0.05) is 37.5 Å². The maximum atomic E-state index is 13.3. The van der Waals surface area contributed by atoms with Gasteiger partial charge in [0.1, 0.15) is 18.1 Å². The molecule has 0 aliphatic carbocycles. The van der Waals surface area contributed by atoms with E-state index in [1.165, 1.54) is 11.8 Å². The number of amidine groups is 1. The van der Waals surface area contributed by atoms with Gasteiger partial charge in [-0.3, -0.25) is 4.79 Å². The molecule has 1 aromatic carbocycles. The van der Waals surface area contributed by atoms with Gasteiger partial charge in [-0.05, 0) is 38.3 Å². The molecule has 0 bridgehead atoms. The van der Waals surface area contributed by atoms with Gasteiger partial charge in [-0.2, -0.15) is 0 Å². The minimum atomic E-state index is -0.593. The fourth-order valence-electron chi connectivity index (χ4n) is 4.11. The Hall–Kier alpha value is -2.98. The van der Waals surface area contributed by atoms with Crippen LogP contribution in [0.4, 0.5) is 0 Å². The molecule has 1 amide bonds. The van der Waals surface area contributed by atoms with Gasteiger partial charge < -0.3 is 28.7 Å². The highest BCUT2D eigenvalue weighted by molar-refractivity contribution is 8.16. The Labute approximate surface area is 210 Å². The number of hydrogen-bond acceptors (Lipinski definition) is 9. The molecule has 0 spiro atoms. The van der Waals surface area contributed by atoms with Gasteiger partial charge in [0.2, 0.25) is 5.91 Å². The number of fused-ring (bicyclic) bond motifs is 1. The molecule has 1 aromatic rings. The highest BCUT2D eigenvalue weighted by Gasteiger charge is 2.42. The number of hydrogen-bond donors (Lipinski definition) is 0. The zero-order valence-electron chi connectivity index (χ0n) is 21.1. The van der Waals surface area contributed by atoms with Gasteiger partial charge >= 0.3 is 5.97 Å². The first-order valence-corrected chi connectivity index (χ1v) is 12.4. The third-order valence-electron chi connectivity index (χ3n) is 5.92. The Kier molecular flexibility index (Phi) is 9.22. The molecule has 0 fully saturated rings. The number of amides is 1. The summed E-state index contributed by atoms with van der Waals surface area (Å²) in [6.07, 6.45) is 0.188. The quantitative estimate of drug-likeness (QED) is 0.333. The van der Waals surface area contributed by atoms with Gasteiger partial charge in [0.05, 0.1) is 44.6 Å². The Bertz CT molecular complexity index is 1050. The van der Waals surface area contributed by atoms with E-state index in [4.69, 9.17) is 23.9 Å². The number of carbonyl (C=O) groups excluding carboxylic acids is 2. The van der Waals surface area contributed by atoms with Crippen LogP contribution in [0.1, 0.15) is 38.8 Å². The Morgan fingerprint density at radius 1 is 1.11 bits per heavy atom. The van der Waals surface area contributed by atoms with Crippen LogP contribution in [-0.4, -0.2) is 74.5 Å². The number of thioether (sulfide) groups is 1. The molecular weight excluding hydrogens is 470 g/mol. The molecule has 190 valence electrons. The van der Waals surface area contributed by atoms with Crippen molar-refractivity contribution >= 4 is 28.8 Å². The van der Waals surface area contributed by atoms with Gasteiger partial charge in [0.25, 0.3) is 0 Å². The van der Waals surface area contributed by atoms with E-state index >= 15 is 0 Å². The van der Waals surface area contributed by atoms with Crippen LogP contribution in [0.25, 0.3) is 0 Å². The predicted octanol–water partition coefficient (Wildman–Crippen LogP) is 3.73. The lowest BCUT2D eigenvalue weighted by Gasteiger charge is -2.37. The molecule has 2 aliphatic heterocycles. The maximum absolute atomic E-state index is 13.3. The van der Waals surface area contributed by atoms with Crippen LogP contribution in [0.2, 0.25) is 0 Å². The molecule has 2 aliphatic rings. The van der Waals surface area contributed by atoms with Crippen molar-refractivity contribution in [1.82, 2.24) is 9.80 Å². The van der Waals surface area contributed by atoms with Gasteiger partial charge in [0.15, 0.2) is 5.17 Å². The number of esters is 1. The van der Waals surface area contributed by atoms with Crippen LogP contribution < -0.4 is 9.47 Å². The van der Waals surface area contributed by atoms with E-state index in [0.717, 1.165) is 11.3 Å². The molecule has 0 aromatic heterocycles. The summed E-state index contributed by atoms with van der Waals surface area (Å²) in [5.41, 5.74) is 2.45. The van der Waals surface area contributed by atoms with E-state index < -0.39 is 12.0 Å². The second-order valence-electron chi connectivity index (χ2n) is 7.87. The molecule has 1 atom stereocenters. The predicted molar refractivity (Wildman–Crippen MR) is 135 cm³/mol. The topological polar surface area (TPSA) is 89.9 Å². The van der Waals surface area contributed by atoms with Crippen molar-refractivity contribution in [3.05, 3.63) is 46.1 Å². The number of carbonyl (C=O) groups is 2. The summed E-state index contributed by atoms with van der Waals surface area (Å²) in [5.74, 6) is 0.705. The number of methoxy groups -OCH3 is 3. The Balaban J connectivity index is 2.08. The standard InChI is InChI=1S/C25H33N3O6S/c1-7-27(8-2)21(29)13-17-15-35-25-26-16(3)22(24(30)34-12-11-31-4)23(28(17)25)19-10-9-18(32-5)14-20(19)33-6/h9-10,14-15,23H,7-8,11-13H2,1-6H3. The van der Waals surface area contributed by atoms with E-state index in [9.17, 15) is 9.59 Å². The summed E-state index contributed by atoms with van der Waals surface area (Å²) in [6.45, 7) is 7.36. The summed E-state index contributed by atoms with van der Waals surface area (Å²) in [6, 6.07) is 4.87. The minimum absolute atomic E-state index is 0.0130. The molecule has 0 radical (unpaired) electrons. The molecule has 0 saturated heterocycles. The number of benzene rings is 1. The van der Waals surface area contributed by atoms with Crippen LogP contribution >= 0.6 is 11.8 Å². The molecule has 1 unspecified atom stereocenters. The number of ether oxygens (including phenoxy) is 4. The van der Waals surface area contributed by atoms with Crippen molar-refractivity contribution in [2.75, 3.05) is 47.6 Å². The van der Waals surface area contributed by atoms with Crippen molar-refractivity contribution < 1.29 is 28.5 Å². The molecule has 0 N–H and O–H groups in total. The molecule has 9 nitrogen and oxygen atoms in total. The summed E-state index contributed by atoms with van der Waals surface area (Å²) >= 11 is 1.43. The monoisotopic (exact) mass is 503 g/mol. The second kappa shape index (κ2) is 12.1. The highest BCUT2D eigenvalue weighted by atomic mass is 32.2. The molecule has 3 rings (SSSR count). The van der Waals surface area contributed by atoms with E-state index in [1.54, 1.807) is 39.2 Å². The van der Waals surface area contributed by atoms with Crippen LogP contribution in [0.3, 0.4) is 0 Å². The van der Waals surface area contributed by atoms with E-state index in [0.29, 0.717) is 41.0 Å². The smallest absolute Gasteiger partial charge is 0.338 e. The zero-order valence-corrected chi connectivity index (χ0v) is 21.9. The first-order valence-electron chi connectivity index (χ1n) is 11.5. The van der Waals surface area contributed by atoms with Gasteiger partial charge in [-0.15, -0.1) is 0 Å². The first kappa shape index (κ1) is 26.6. The Morgan fingerprint density at radius 2 is 1.86 bits per heavy atom. The molecule has 10 heteroatoms. The van der Waals surface area contributed by atoms with E-state index in [1.807, 2.05) is 36.3 Å². The van der Waals surface area contributed by atoms with Gasteiger partial charge in [-0.1, -0.05) is 11.8 Å². The fraction of sp³-hybridized carbons (Fsp3) is 0.480. The number of nitrogens with zero attached hydrogens (tertiary/aromatic N) is 3. The Morgan fingerprint density at radius 3 is 2.49 bits per heavy atom. The molecule has 2 heterocycles. The van der Waals surface area contributed by atoms with Crippen LogP contribution in [0.5, 0.6) is 11.5 Å². The van der Waals surface area contributed by atoms with Crippen molar-refractivity contribution in [3.63, 3.8) is 0 Å². The van der Waals surface area contributed by atoms with Crippen molar-refractivity contribution in [2.45, 2.75) is 33.2 Å². The molecule has 35 heavy (non-hydrogen) atoms. The van der Waals surface area contributed by atoms with Crippen LogP contribution in [0, 0.1) is 0 Å². The van der Waals surface area contributed by atoms with Crippen LogP contribution in [-0.2, 0) is 19.1 Å². The number of aliphatic imine (C=N–C) groups is 1. The lowest BCUT2D eigenvalue weighted by Crippen LogP contribution is -2.39. The summed E-state index contributed by atoms with van der Waals surface area (Å²) < 4.78 is 21.6. The zero-order chi connectivity index (χ0) is 25.5. The van der Waals surface area contributed by atoms with Crippen molar-refractivity contribution in [3.8, 4) is 11.5 Å². The number of rotatable bonds is 11. The van der Waals surface area contributed by atoms with Gasteiger partial charge in [-0.25, -0.2) is 9.79 Å². The third-order valence-corrected chi connectivity index (χ3v) is 6.81. The summed E-state index contributed by atoms with van der Waals surface area (Å²) in [5, 5.41) is 2.62. The minimum Gasteiger partial charge on any atom is -0.497 e. The summed E-state index contributed by atoms with van der Waals surface area (Å²) in [7, 11) is 4.70. The SMILES string of the molecule is CCN(CC)C(=O)CC1=CSC2=NC(C)=C(C(=O)OCCOC)C(c3ccc(OC)cc3OC)N12. The van der Waals surface area contributed by atoms with E-state index in [2.05, 4.69) is 0 Å². The fourth-order valence-corrected chi connectivity index (χ4v) is 5.07. The normalized spacial score (nSPS) is 17.0. The third kappa shape index (κ3) is 5.65. The van der Waals surface area contributed by atoms with Crippen LogP contribution in [0.15, 0.2) is 45.6 Å². The second-order valence-corrected chi connectivity index (χ2v) is 8.71.